The maximum Gasteiger partial charge on any atom is 0.224 e. The van der Waals surface area contributed by atoms with Crippen LogP contribution < -0.4 is 5.32 Å². The first-order valence-corrected chi connectivity index (χ1v) is 9.95. The summed E-state index contributed by atoms with van der Waals surface area (Å²) in [6.45, 7) is 11.4. The lowest BCUT2D eigenvalue weighted by Crippen LogP contribution is -2.34. The van der Waals surface area contributed by atoms with Crippen LogP contribution >= 0.6 is 0 Å². The van der Waals surface area contributed by atoms with Crippen molar-refractivity contribution in [2.75, 3.05) is 19.6 Å². The van der Waals surface area contributed by atoms with Gasteiger partial charge >= 0.3 is 0 Å². The number of likely N-dealkylation sites (tertiary alicyclic amines) is 1. The molecule has 0 bridgehead atoms. The highest BCUT2D eigenvalue weighted by molar-refractivity contribution is 5.79. The molecule has 2 rings (SSSR count). The quantitative estimate of drug-likeness (QED) is 0.723. The molecule has 6 nitrogen and oxygen atoms in total. The van der Waals surface area contributed by atoms with Crippen molar-refractivity contribution in [2.45, 2.75) is 72.8 Å². The summed E-state index contributed by atoms with van der Waals surface area (Å²) in [4.78, 5) is 26.2. The molecule has 0 aromatic carbocycles. The molecule has 1 aromatic heterocycles. The molecule has 1 aliphatic rings. The van der Waals surface area contributed by atoms with E-state index in [1.54, 1.807) is 0 Å². The van der Waals surface area contributed by atoms with E-state index in [2.05, 4.69) is 24.3 Å². The predicted molar refractivity (Wildman–Crippen MR) is 103 cm³/mol. The lowest BCUT2D eigenvalue weighted by atomic mass is 10.1. The van der Waals surface area contributed by atoms with Crippen molar-refractivity contribution < 1.29 is 9.59 Å². The summed E-state index contributed by atoms with van der Waals surface area (Å²) in [5.41, 5.74) is 3.06. The summed E-state index contributed by atoms with van der Waals surface area (Å²) in [7, 11) is 0. The van der Waals surface area contributed by atoms with Gasteiger partial charge in [-0.15, -0.1) is 0 Å². The summed E-state index contributed by atoms with van der Waals surface area (Å²) in [6.07, 6.45) is 5.10. The van der Waals surface area contributed by atoms with E-state index in [9.17, 15) is 9.59 Å². The van der Waals surface area contributed by atoms with Gasteiger partial charge < -0.3 is 10.2 Å². The highest BCUT2D eigenvalue weighted by Gasteiger charge is 2.17. The fourth-order valence-electron chi connectivity index (χ4n) is 3.51. The zero-order chi connectivity index (χ0) is 19.1. The largest absolute Gasteiger partial charge is 0.356 e. The van der Waals surface area contributed by atoms with Gasteiger partial charge in [0.05, 0.1) is 12.1 Å². The van der Waals surface area contributed by atoms with E-state index in [4.69, 9.17) is 0 Å². The minimum Gasteiger partial charge on any atom is -0.356 e. The standard InChI is InChI=1S/C20H34N4O2/c1-15(2)14-24-17(4)18(16(3)22-24)13-19(25)21-10-8-12-23-11-7-5-6-9-20(23)26/h15H,5-14H2,1-4H3,(H,21,25). The van der Waals surface area contributed by atoms with Crippen LogP contribution in [0.3, 0.4) is 0 Å². The van der Waals surface area contributed by atoms with E-state index in [1.807, 2.05) is 23.4 Å². The lowest BCUT2D eigenvalue weighted by molar-refractivity contribution is -0.130. The summed E-state index contributed by atoms with van der Waals surface area (Å²) in [5, 5.41) is 7.56. The molecular weight excluding hydrogens is 328 g/mol. The molecule has 0 unspecified atom stereocenters. The smallest absolute Gasteiger partial charge is 0.224 e. The minimum absolute atomic E-state index is 0.0301. The average Bonchev–Trinajstić information content (AvgIpc) is 2.74. The normalized spacial score (nSPS) is 15.4. The molecule has 6 heteroatoms. The molecule has 26 heavy (non-hydrogen) atoms. The number of amides is 2. The Bertz CT molecular complexity index is 622. The summed E-state index contributed by atoms with van der Waals surface area (Å²) < 4.78 is 2.01. The SMILES string of the molecule is Cc1nn(CC(C)C)c(C)c1CC(=O)NCCCN1CCCCCC1=O. The van der Waals surface area contributed by atoms with Crippen LogP contribution in [0.2, 0.25) is 0 Å². The predicted octanol–water partition coefficient (Wildman–Crippen LogP) is 2.61. The molecule has 0 aliphatic carbocycles. The number of carbonyl (C=O) groups is 2. The fraction of sp³-hybridized carbons (Fsp3) is 0.750. The van der Waals surface area contributed by atoms with Crippen LogP contribution in [-0.4, -0.2) is 46.1 Å². The molecule has 1 aromatic rings. The molecule has 1 saturated heterocycles. The Balaban J connectivity index is 1.77. The van der Waals surface area contributed by atoms with Crippen molar-refractivity contribution in [2.24, 2.45) is 5.92 Å². The maximum atomic E-state index is 12.3. The van der Waals surface area contributed by atoms with Gasteiger partial charge in [0.15, 0.2) is 0 Å². The molecule has 1 N–H and O–H groups in total. The number of rotatable bonds is 8. The first-order chi connectivity index (χ1) is 12.4. The van der Waals surface area contributed by atoms with Crippen molar-refractivity contribution >= 4 is 11.8 Å². The fourth-order valence-corrected chi connectivity index (χ4v) is 3.51. The van der Waals surface area contributed by atoms with E-state index in [0.29, 0.717) is 25.3 Å². The lowest BCUT2D eigenvalue weighted by Gasteiger charge is -2.20. The van der Waals surface area contributed by atoms with Gasteiger partial charge in [-0.25, -0.2) is 0 Å². The highest BCUT2D eigenvalue weighted by Crippen LogP contribution is 2.15. The number of hydrogen-bond acceptors (Lipinski definition) is 3. The molecule has 146 valence electrons. The van der Waals surface area contributed by atoms with Crippen LogP contribution in [0, 0.1) is 19.8 Å². The first kappa shape index (κ1) is 20.5. The Morgan fingerprint density at radius 2 is 2.00 bits per heavy atom. The Labute approximate surface area is 157 Å². The topological polar surface area (TPSA) is 67.2 Å². The van der Waals surface area contributed by atoms with Crippen LogP contribution in [0.1, 0.15) is 62.9 Å². The van der Waals surface area contributed by atoms with Crippen LogP contribution in [-0.2, 0) is 22.6 Å². The molecule has 2 heterocycles. The maximum absolute atomic E-state index is 12.3. The van der Waals surface area contributed by atoms with Crippen molar-refractivity contribution in [1.29, 1.82) is 0 Å². The van der Waals surface area contributed by atoms with Crippen molar-refractivity contribution in [3.05, 3.63) is 17.0 Å². The summed E-state index contributed by atoms with van der Waals surface area (Å²) >= 11 is 0. The van der Waals surface area contributed by atoms with Gasteiger partial charge in [-0.05, 0) is 39.0 Å². The number of hydrogen-bond donors (Lipinski definition) is 1. The van der Waals surface area contributed by atoms with Crippen molar-refractivity contribution in [3.8, 4) is 0 Å². The monoisotopic (exact) mass is 362 g/mol. The van der Waals surface area contributed by atoms with E-state index in [-0.39, 0.29) is 11.8 Å². The molecule has 0 atom stereocenters. The van der Waals surface area contributed by atoms with Crippen molar-refractivity contribution in [3.63, 3.8) is 0 Å². The van der Waals surface area contributed by atoms with E-state index in [1.165, 1.54) is 0 Å². The van der Waals surface area contributed by atoms with Crippen LogP contribution in [0.4, 0.5) is 0 Å². The Morgan fingerprint density at radius 1 is 1.23 bits per heavy atom. The highest BCUT2D eigenvalue weighted by atomic mass is 16.2. The third kappa shape index (κ3) is 5.85. The van der Waals surface area contributed by atoms with Gasteiger partial charge in [0, 0.05) is 43.9 Å². The third-order valence-corrected chi connectivity index (χ3v) is 5.01. The zero-order valence-corrected chi connectivity index (χ0v) is 16.8. The van der Waals surface area contributed by atoms with Crippen LogP contribution in [0.25, 0.3) is 0 Å². The van der Waals surface area contributed by atoms with E-state index < -0.39 is 0 Å². The second kappa shape index (κ2) is 9.74. The number of aromatic nitrogens is 2. The second-order valence-electron chi connectivity index (χ2n) is 7.80. The second-order valence-corrected chi connectivity index (χ2v) is 7.80. The van der Waals surface area contributed by atoms with Gasteiger partial charge in [-0.1, -0.05) is 20.3 Å². The first-order valence-electron chi connectivity index (χ1n) is 9.95. The molecular formula is C20H34N4O2. The molecule has 1 aliphatic heterocycles. The number of nitrogens with zero attached hydrogens (tertiary/aromatic N) is 3. The van der Waals surface area contributed by atoms with Crippen LogP contribution in [0.15, 0.2) is 0 Å². The Morgan fingerprint density at radius 3 is 2.73 bits per heavy atom. The average molecular weight is 363 g/mol. The Kier molecular flexibility index (Phi) is 7.66. The van der Waals surface area contributed by atoms with Gasteiger partial charge in [0.1, 0.15) is 0 Å². The van der Waals surface area contributed by atoms with Gasteiger partial charge in [-0.2, -0.15) is 5.10 Å². The summed E-state index contributed by atoms with van der Waals surface area (Å²) in [6, 6.07) is 0. The minimum atomic E-state index is 0.0301. The van der Waals surface area contributed by atoms with Gasteiger partial charge in [0.25, 0.3) is 0 Å². The number of carbonyl (C=O) groups excluding carboxylic acids is 2. The molecule has 0 radical (unpaired) electrons. The molecule has 0 saturated carbocycles. The van der Waals surface area contributed by atoms with E-state index >= 15 is 0 Å². The van der Waals surface area contributed by atoms with Crippen molar-refractivity contribution in [1.82, 2.24) is 20.0 Å². The van der Waals surface area contributed by atoms with E-state index in [0.717, 1.165) is 62.3 Å². The van der Waals surface area contributed by atoms with Gasteiger partial charge in [-0.3, -0.25) is 14.3 Å². The van der Waals surface area contributed by atoms with Gasteiger partial charge in [0.2, 0.25) is 11.8 Å². The molecule has 0 spiro atoms. The molecule has 2 amide bonds. The van der Waals surface area contributed by atoms with Crippen LogP contribution in [0.5, 0.6) is 0 Å². The summed E-state index contributed by atoms with van der Waals surface area (Å²) in [5.74, 6) is 0.816. The zero-order valence-electron chi connectivity index (χ0n) is 16.8. The Hall–Kier alpha value is -1.85. The molecule has 1 fully saturated rings. The third-order valence-electron chi connectivity index (χ3n) is 5.01. The number of aryl methyl sites for hydroxylation is 1. The number of nitrogens with one attached hydrogen (secondary N) is 1.